The first kappa shape index (κ1) is 23.6. The summed E-state index contributed by atoms with van der Waals surface area (Å²) in [6.07, 6.45) is 5.19. The molecule has 0 bridgehead atoms. The van der Waals surface area contributed by atoms with Crippen LogP contribution in [0.5, 0.6) is 5.75 Å². The Morgan fingerprint density at radius 3 is 2.48 bits per heavy atom. The molecule has 0 radical (unpaired) electrons. The van der Waals surface area contributed by atoms with Crippen LogP contribution in [0.25, 0.3) is 0 Å². The summed E-state index contributed by atoms with van der Waals surface area (Å²) < 4.78 is 33.4. The molecular weight excluding hydrogens is 436 g/mol. The van der Waals surface area contributed by atoms with Crippen molar-refractivity contribution in [2.24, 2.45) is 0 Å². The van der Waals surface area contributed by atoms with Gasteiger partial charge in [0.15, 0.2) is 0 Å². The molecule has 168 valence electrons. The van der Waals surface area contributed by atoms with Crippen LogP contribution in [0.1, 0.15) is 37.7 Å². The van der Waals surface area contributed by atoms with Crippen LogP contribution >= 0.6 is 11.6 Å². The first-order valence-corrected chi connectivity index (χ1v) is 12.4. The lowest BCUT2D eigenvalue weighted by molar-refractivity contribution is -0.121. The van der Waals surface area contributed by atoms with E-state index in [9.17, 15) is 13.2 Å². The van der Waals surface area contributed by atoms with Crippen LogP contribution in [0.2, 0.25) is 5.02 Å². The van der Waals surface area contributed by atoms with E-state index in [4.69, 9.17) is 16.3 Å². The Balaban J connectivity index is 1.74. The van der Waals surface area contributed by atoms with Gasteiger partial charge in [-0.05, 0) is 43.0 Å². The van der Waals surface area contributed by atoms with Gasteiger partial charge in [0.05, 0.1) is 23.6 Å². The molecule has 2 aromatic carbocycles. The SMILES string of the molecule is COc1ccc(S(=O)(=O)N(CC(=O)NCCc2ccccc2)C2CCCCC2)cc1Cl. The molecule has 2 aromatic rings. The van der Waals surface area contributed by atoms with Gasteiger partial charge in [0.25, 0.3) is 0 Å². The van der Waals surface area contributed by atoms with Crippen molar-refractivity contribution < 1.29 is 17.9 Å². The fourth-order valence-corrected chi connectivity index (χ4v) is 5.90. The molecule has 1 aliphatic carbocycles. The van der Waals surface area contributed by atoms with Gasteiger partial charge in [-0.3, -0.25) is 4.79 Å². The highest BCUT2D eigenvalue weighted by Gasteiger charge is 2.34. The number of nitrogens with zero attached hydrogens (tertiary/aromatic N) is 1. The van der Waals surface area contributed by atoms with Gasteiger partial charge in [-0.1, -0.05) is 61.2 Å². The van der Waals surface area contributed by atoms with Gasteiger partial charge in [-0.25, -0.2) is 8.42 Å². The Bertz CT molecular complexity index is 976. The van der Waals surface area contributed by atoms with Crippen molar-refractivity contribution in [3.05, 3.63) is 59.1 Å². The van der Waals surface area contributed by atoms with E-state index in [0.717, 1.165) is 37.7 Å². The average Bonchev–Trinajstić information content (AvgIpc) is 2.78. The summed E-state index contributed by atoms with van der Waals surface area (Å²) in [7, 11) is -2.41. The summed E-state index contributed by atoms with van der Waals surface area (Å²) in [6, 6.07) is 14.1. The van der Waals surface area contributed by atoms with E-state index in [1.54, 1.807) is 0 Å². The Morgan fingerprint density at radius 2 is 1.84 bits per heavy atom. The lowest BCUT2D eigenvalue weighted by Gasteiger charge is -2.33. The van der Waals surface area contributed by atoms with E-state index in [2.05, 4.69) is 5.32 Å². The van der Waals surface area contributed by atoms with E-state index < -0.39 is 10.0 Å². The zero-order valence-corrected chi connectivity index (χ0v) is 19.3. The fraction of sp³-hybridized carbons (Fsp3) is 0.435. The third-order valence-corrected chi connectivity index (χ3v) is 7.78. The number of carbonyl (C=O) groups is 1. The molecule has 6 nitrogen and oxygen atoms in total. The van der Waals surface area contributed by atoms with Gasteiger partial charge in [-0.2, -0.15) is 4.31 Å². The second-order valence-electron chi connectivity index (χ2n) is 7.72. The molecule has 31 heavy (non-hydrogen) atoms. The van der Waals surface area contributed by atoms with Crippen molar-refractivity contribution in [2.75, 3.05) is 20.2 Å². The predicted molar refractivity (Wildman–Crippen MR) is 122 cm³/mol. The van der Waals surface area contributed by atoms with Crippen molar-refractivity contribution in [2.45, 2.75) is 49.5 Å². The highest BCUT2D eigenvalue weighted by molar-refractivity contribution is 7.89. The Hall–Kier alpha value is -2.09. The Morgan fingerprint density at radius 1 is 1.13 bits per heavy atom. The zero-order valence-electron chi connectivity index (χ0n) is 17.7. The first-order valence-electron chi connectivity index (χ1n) is 10.6. The van der Waals surface area contributed by atoms with Crippen LogP contribution in [0.15, 0.2) is 53.4 Å². The second-order valence-corrected chi connectivity index (χ2v) is 10.0. The molecule has 0 unspecified atom stereocenters. The standard InChI is InChI=1S/C23H29ClN2O4S/c1-30-22-13-12-20(16-21(22)24)31(28,29)26(19-10-6-3-7-11-19)17-23(27)25-15-14-18-8-4-2-5-9-18/h2,4-5,8-9,12-13,16,19H,3,6-7,10-11,14-15,17H2,1H3,(H,25,27). The maximum atomic E-state index is 13.5. The van der Waals surface area contributed by atoms with E-state index >= 15 is 0 Å². The molecule has 0 heterocycles. The molecule has 1 amide bonds. The van der Waals surface area contributed by atoms with Crippen LogP contribution < -0.4 is 10.1 Å². The number of methoxy groups -OCH3 is 1. The number of rotatable bonds is 9. The minimum atomic E-state index is -3.89. The van der Waals surface area contributed by atoms with Gasteiger partial charge in [-0.15, -0.1) is 0 Å². The number of benzene rings is 2. The summed E-state index contributed by atoms with van der Waals surface area (Å²) in [4.78, 5) is 12.7. The molecule has 1 saturated carbocycles. The molecule has 0 spiro atoms. The third-order valence-electron chi connectivity index (χ3n) is 5.59. The van der Waals surface area contributed by atoms with Crippen molar-refractivity contribution in [1.82, 2.24) is 9.62 Å². The summed E-state index contributed by atoms with van der Waals surface area (Å²) in [5, 5.41) is 3.08. The third kappa shape index (κ3) is 6.21. The quantitative estimate of drug-likeness (QED) is 0.607. The normalized spacial score (nSPS) is 15.1. The van der Waals surface area contributed by atoms with Crippen LogP contribution in [-0.2, 0) is 21.2 Å². The van der Waals surface area contributed by atoms with Gasteiger partial charge in [0.2, 0.25) is 15.9 Å². The number of ether oxygens (including phenoxy) is 1. The zero-order chi connectivity index (χ0) is 22.3. The number of halogens is 1. The summed E-state index contributed by atoms with van der Waals surface area (Å²) >= 11 is 6.17. The lowest BCUT2D eigenvalue weighted by atomic mass is 9.95. The number of hydrogen-bond donors (Lipinski definition) is 1. The summed E-state index contributed by atoms with van der Waals surface area (Å²) in [5.74, 6) is 0.105. The topological polar surface area (TPSA) is 75.7 Å². The van der Waals surface area contributed by atoms with Crippen molar-refractivity contribution in [3.8, 4) is 5.75 Å². The minimum absolute atomic E-state index is 0.0703. The Kier molecular flexibility index (Phi) is 8.35. The van der Waals surface area contributed by atoms with Crippen LogP contribution in [-0.4, -0.2) is 44.9 Å². The molecule has 8 heteroatoms. The highest BCUT2D eigenvalue weighted by Crippen LogP contribution is 2.31. The maximum Gasteiger partial charge on any atom is 0.243 e. The van der Waals surface area contributed by atoms with Crippen LogP contribution in [0, 0.1) is 0 Å². The smallest absolute Gasteiger partial charge is 0.243 e. The number of hydrogen-bond acceptors (Lipinski definition) is 4. The lowest BCUT2D eigenvalue weighted by Crippen LogP contribution is -2.47. The van der Waals surface area contributed by atoms with Gasteiger partial charge in [0, 0.05) is 12.6 Å². The predicted octanol–water partition coefficient (Wildman–Crippen LogP) is 4.03. The van der Waals surface area contributed by atoms with Crippen molar-refractivity contribution >= 4 is 27.5 Å². The van der Waals surface area contributed by atoms with Crippen molar-refractivity contribution in [3.63, 3.8) is 0 Å². The molecule has 0 atom stereocenters. The second kappa shape index (κ2) is 11.0. The monoisotopic (exact) mass is 464 g/mol. The van der Waals surface area contributed by atoms with Crippen LogP contribution in [0.4, 0.5) is 0 Å². The number of sulfonamides is 1. The molecule has 0 aromatic heterocycles. The van der Waals surface area contributed by atoms with Crippen LogP contribution in [0.3, 0.4) is 0 Å². The fourth-order valence-electron chi connectivity index (χ4n) is 3.91. The number of nitrogens with one attached hydrogen (secondary N) is 1. The largest absolute Gasteiger partial charge is 0.495 e. The summed E-state index contributed by atoms with van der Waals surface area (Å²) in [5.41, 5.74) is 1.12. The minimum Gasteiger partial charge on any atom is -0.495 e. The maximum absolute atomic E-state index is 13.5. The molecule has 3 rings (SSSR count). The molecular formula is C23H29ClN2O4S. The Labute approximate surface area is 189 Å². The first-order chi connectivity index (χ1) is 14.9. The number of carbonyl (C=O) groups excluding carboxylic acids is 1. The summed E-state index contributed by atoms with van der Waals surface area (Å²) in [6.45, 7) is 0.251. The molecule has 0 aliphatic heterocycles. The van der Waals surface area contributed by atoms with E-state index in [-0.39, 0.29) is 28.4 Å². The average molecular weight is 465 g/mol. The number of amides is 1. The van der Waals surface area contributed by atoms with E-state index in [1.807, 2.05) is 30.3 Å². The van der Waals surface area contributed by atoms with Gasteiger partial charge < -0.3 is 10.1 Å². The van der Waals surface area contributed by atoms with Crippen molar-refractivity contribution in [1.29, 1.82) is 0 Å². The molecule has 0 saturated heterocycles. The van der Waals surface area contributed by atoms with Gasteiger partial charge >= 0.3 is 0 Å². The molecule has 1 fully saturated rings. The molecule has 1 aliphatic rings. The van der Waals surface area contributed by atoms with E-state index in [1.165, 1.54) is 29.6 Å². The highest BCUT2D eigenvalue weighted by atomic mass is 35.5. The van der Waals surface area contributed by atoms with Gasteiger partial charge in [0.1, 0.15) is 5.75 Å². The van der Waals surface area contributed by atoms with E-state index in [0.29, 0.717) is 18.7 Å². The molecule has 1 N–H and O–H groups in total.